The minimum atomic E-state index is 0.538. The highest BCUT2D eigenvalue weighted by Crippen LogP contribution is 2.14. The van der Waals surface area contributed by atoms with Crippen molar-refractivity contribution < 1.29 is 4.79 Å². The van der Waals surface area contributed by atoms with E-state index < -0.39 is 0 Å². The number of anilines is 1. The Morgan fingerprint density at radius 2 is 2.00 bits per heavy atom. The Labute approximate surface area is 90.9 Å². The molecule has 0 spiro atoms. The van der Waals surface area contributed by atoms with Gasteiger partial charge in [0.25, 0.3) is 0 Å². The van der Waals surface area contributed by atoms with Gasteiger partial charge in [-0.3, -0.25) is 4.79 Å². The number of nitrogens with zero attached hydrogens (tertiary/aromatic N) is 1. The topological polar surface area (TPSA) is 46.3 Å². The summed E-state index contributed by atoms with van der Waals surface area (Å²) in [5, 5.41) is 0. The first kappa shape index (κ1) is 11.7. The fraction of sp³-hybridized carbons (Fsp3) is 0.417. The first-order valence-electron chi connectivity index (χ1n) is 5.32. The molecule has 0 aliphatic heterocycles. The van der Waals surface area contributed by atoms with E-state index in [2.05, 4.69) is 6.92 Å². The van der Waals surface area contributed by atoms with Crippen molar-refractivity contribution in [3.05, 3.63) is 29.8 Å². The fourth-order valence-corrected chi connectivity index (χ4v) is 1.39. The molecule has 3 heteroatoms. The van der Waals surface area contributed by atoms with E-state index in [1.165, 1.54) is 0 Å². The van der Waals surface area contributed by atoms with Crippen LogP contribution < -0.4 is 10.6 Å². The van der Waals surface area contributed by atoms with Crippen molar-refractivity contribution in [3.63, 3.8) is 0 Å². The number of unbranched alkanes of at least 4 members (excludes halogenated alkanes) is 1. The molecule has 82 valence electrons. The van der Waals surface area contributed by atoms with Crippen LogP contribution in [0.3, 0.4) is 0 Å². The average molecular weight is 206 g/mol. The van der Waals surface area contributed by atoms with Crippen molar-refractivity contribution in [2.75, 3.05) is 11.4 Å². The zero-order valence-electron chi connectivity index (χ0n) is 9.15. The maximum absolute atomic E-state index is 10.9. The Hall–Kier alpha value is -1.35. The number of rotatable bonds is 6. The Morgan fingerprint density at radius 1 is 1.33 bits per heavy atom. The molecule has 1 rings (SSSR count). The highest BCUT2D eigenvalue weighted by atomic mass is 16.1. The van der Waals surface area contributed by atoms with Crippen LogP contribution in [0.2, 0.25) is 0 Å². The largest absolute Gasteiger partial charge is 0.326 e. The van der Waals surface area contributed by atoms with E-state index in [-0.39, 0.29) is 0 Å². The monoisotopic (exact) mass is 206 g/mol. The Balaban J connectivity index is 2.69. The fourth-order valence-electron chi connectivity index (χ4n) is 1.39. The summed E-state index contributed by atoms with van der Waals surface area (Å²) in [7, 11) is 0. The molecule has 0 unspecified atom stereocenters. The summed E-state index contributed by atoms with van der Waals surface area (Å²) in [6, 6.07) is 7.79. The second-order valence-corrected chi connectivity index (χ2v) is 3.52. The molecule has 0 fully saturated rings. The lowest BCUT2D eigenvalue weighted by atomic mass is 10.2. The van der Waals surface area contributed by atoms with Crippen molar-refractivity contribution in [2.24, 2.45) is 5.73 Å². The van der Waals surface area contributed by atoms with E-state index in [1.807, 2.05) is 24.3 Å². The molecule has 0 radical (unpaired) electrons. The quantitative estimate of drug-likeness (QED) is 0.723. The van der Waals surface area contributed by atoms with Crippen LogP contribution in [0.4, 0.5) is 5.69 Å². The minimum absolute atomic E-state index is 0.538. The number of carbonyl (C=O) groups is 1. The van der Waals surface area contributed by atoms with Crippen molar-refractivity contribution in [1.82, 2.24) is 0 Å². The van der Waals surface area contributed by atoms with Gasteiger partial charge in [0, 0.05) is 18.8 Å². The zero-order chi connectivity index (χ0) is 11.1. The number of carbonyl (C=O) groups excluding carboxylic acids is 1. The van der Waals surface area contributed by atoms with Crippen molar-refractivity contribution >= 4 is 12.1 Å². The van der Waals surface area contributed by atoms with Gasteiger partial charge in [-0.15, -0.1) is 0 Å². The molecule has 0 saturated carbocycles. The lowest BCUT2D eigenvalue weighted by Crippen LogP contribution is -2.22. The summed E-state index contributed by atoms with van der Waals surface area (Å²) in [6.07, 6.45) is 3.00. The molecule has 0 bridgehead atoms. The maximum Gasteiger partial charge on any atom is 0.214 e. The van der Waals surface area contributed by atoms with Gasteiger partial charge in [-0.25, -0.2) is 0 Å². The van der Waals surface area contributed by atoms with Gasteiger partial charge in [-0.1, -0.05) is 25.5 Å². The molecule has 1 aromatic rings. The van der Waals surface area contributed by atoms with E-state index in [4.69, 9.17) is 5.73 Å². The van der Waals surface area contributed by atoms with Crippen LogP contribution in [0.15, 0.2) is 24.3 Å². The standard InChI is InChI=1S/C12H18N2O/c1-2-3-8-14(10-15)12-6-4-11(9-13)5-7-12/h4-7,10H,2-3,8-9,13H2,1H3. The summed E-state index contributed by atoms with van der Waals surface area (Å²) in [4.78, 5) is 12.6. The van der Waals surface area contributed by atoms with Crippen LogP contribution in [-0.4, -0.2) is 13.0 Å². The molecule has 0 aliphatic rings. The molecule has 2 N–H and O–H groups in total. The Kier molecular flexibility index (Phi) is 4.84. The Bertz CT molecular complexity index is 295. The van der Waals surface area contributed by atoms with Gasteiger partial charge >= 0.3 is 0 Å². The maximum atomic E-state index is 10.9. The number of hydrogen-bond donors (Lipinski definition) is 1. The summed E-state index contributed by atoms with van der Waals surface area (Å²) < 4.78 is 0. The van der Waals surface area contributed by atoms with Crippen molar-refractivity contribution in [2.45, 2.75) is 26.3 Å². The summed E-state index contributed by atoms with van der Waals surface area (Å²) in [6.45, 7) is 3.43. The second kappa shape index (κ2) is 6.19. The molecular weight excluding hydrogens is 188 g/mol. The minimum Gasteiger partial charge on any atom is -0.326 e. The van der Waals surface area contributed by atoms with Gasteiger partial charge in [0.1, 0.15) is 0 Å². The van der Waals surface area contributed by atoms with Gasteiger partial charge in [0.15, 0.2) is 0 Å². The van der Waals surface area contributed by atoms with Gasteiger partial charge in [0.05, 0.1) is 0 Å². The summed E-state index contributed by atoms with van der Waals surface area (Å²) in [5.41, 5.74) is 7.53. The molecule has 3 nitrogen and oxygen atoms in total. The SMILES string of the molecule is CCCCN(C=O)c1ccc(CN)cc1. The number of nitrogens with two attached hydrogens (primary N) is 1. The van der Waals surface area contributed by atoms with Crippen molar-refractivity contribution in [3.8, 4) is 0 Å². The number of benzene rings is 1. The molecule has 0 heterocycles. The van der Waals surface area contributed by atoms with E-state index in [0.717, 1.165) is 37.0 Å². The molecular formula is C12H18N2O. The van der Waals surface area contributed by atoms with Crippen molar-refractivity contribution in [1.29, 1.82) is 0 Å². The molecule has 0 aliphatic carbocycles. The number of amides is 1. The van der Waals surface area contributed by atoms with Crippen LogP contribution in [0.5, 0.6) is 0 Å². The third kappa shape index (κ3) is 3.36. The van der Waals surface area contributed by atoms with E-state index in [1.54, 1.807) is 4.90 Å². The molecule has 0 saturated heterocycles. The first-order chi connectivity index (χ1) is 7.31. The van der Waals surface area contributed by atoms with Gasteiger partial charge in [-0.2, -0.15) is 0 Å². The number of hydrogen-bond acceptors (Lipinski definition) is 2. The predicted molar refractivity (Wildman–Crippen MR) is 62.7 cm³/mol. The molecule has 0 atom stereocenters. The van der Waals surface area contributed by atoms with E-state index in [0.29, 0.717) is 6.54 Å². The van der Waals surface area contributed by atoms with Crippen LogP contribution in [0, 0.1) is 0 Å². The lowest BCUT2D eigenvalue weighted by Gasteiger charge is -2.17. The van der Waals surface area contributed by atoms with Gasteiger partial charge in [-0.05, 0) is 24.1 Å². The predicted octanol–water partition coefficient (Wildman–Crippen LogP) is 1.91. The normalized spacial score (nSPS) is 10.0. The smallest absolute Gasteiger partial charge is 0.214 e. The molecule has 0 aromatic heterocycles. The van der Waals surface area contributed by atoms with Crippen LogP contribution in [-0.2, 0) is 11.3 Å². The zero-order valence-corrected chi connectivity index (χ0v) is 9.15. The molecule has 1 amide bonds. The average Bonchev–Trinajstić information content (AvgIpc) is 2.31. The Morgan fingerprint density at radius 3 is 2.47 bits per heavy atom. The van der Waals surface area contributed by atoms with Gasteiger partial charge in [0.2, 0.25) is 6.41 Å². The van der Waals surface area contributed by atoms with Crippen LogP contribution >= 0.6 is 0 Å². The summed E-state index contributed by atoms with van der Waals surface area (Å²) in [5.74, 6) is 0. The van der Waals surface area contributed by atoms with Gasteiger partial charge < -0.3 is 10.6 Å². The van der Waals surface area contributed by atoms with E-state index >= 15 is 0 Å². The lowest BCUT2D eigenvalue weighted by molar-refractivity contribution is -0.107. The second-order valence-electron chi connectivity index (χ2n) is 3.52. The highest BCUT2D eigenvalue weighted by molar-refractivity contribution is 5.74. The highest BCUT2D eigenvalue weighted by Gasteiger charge is 2.03. The van der Waals surface area contributed by atoms with Crippen LogP contribution in [0.25, 0.3) is 0 Å². The third-order valence-corrected chi connectivity index (χ3v) is 2.38. The van der Waals surface area contributed by atoms with E-state index in [9.17, 15) is 4.79 Å². The first-order valence-corrected chi connectivity index (χ1v) is 5.32. The molecule has 15 heavy (non-hydrogen) atoms. The third-order valence-electron chi connectivity index (χ3n) is 2.38. The summed E-state index contributed by atoms with van der Waals surface area (Å²) >= 11 is 0. The van der Waals surface area contributed by atoms with Crippen LogP contribution in [0.1, 0.15) is 25.3 Å². The molecule has 1 aromatic carbocycles.